The molecule has 0 aromatic carbocycles. The van der Waals surface area contributed by atoms with E-state index in [0.717, 1.165) is 36.5 Å². The van der Waals surface area contributed by atoms with Gasteiger partial charge in [0.05, 0.1) is 6.04 Å². The van der Waals surface area contributed by atoms with Crippen LogP contribution in [0, 0.1) is 0 Å². The fourth-order valence-electron chi connectivity index (χ4n) is 1.62. The average molecular weight is 221 g/mol. The summed E-state index contributed by atoms with van der Waals surface area (Å²) in [6.45, 7) is 8.54. The maximum Gasteiger partial charge on any atom is 0.145 e. The maximum atomic E-state index is 6.07. The van der Waals surface area contributed by atoms with Crippen molar-refractivity contribution in [2.24, 2.45) is 5.73 Å². The van der Waals surface area contributed by atoms with Gasteiger partial charge in [0.2, 0.25) is 0 Å². The minimum absolute atomic E-state index is 0.0194. The van der Waals surface area contributed by atoms with Crippen molar-refractivity contribution in [1.82, 2.24) is 9.97 Å². The van der Waals surface area contributed by atoms with E-state index >= 15 is 0 Å². The molecule has 3 heteroatoms. The van der Waals surface area contributed by atoms with Gasteiger partial charge in [-0.3, -0.25) is 0 Å². The summed E-state index contributed by atoms with van der Waals surface area (Å²) in [5.74, 6) is 1.24. The second-order valence-corrected chi connectivity index (χ2v) is 4.55. The number of nitrogens with two attached hydrogens (primary N) is 1. The Labute approximate surface area is 98.5 Å². The minimum atomic E-state index is -0.0194. The van der Waals surface area contributed by atoms with Crippen LogP contribution < -0.4 is 5.73 Å². The third-order valence-electron chi connectivity index (χ3n) is 2.70. The molecule has 16 heavy (non-hydrogen) atoms. The smallest absolute Gasteiger partial charge is 0.145 e. The lowest BCUT2D eigenvalue weighted by Gasteiger charge is -2.13. The highest BCUT2D eigenvalue weighted by atomic mass is 14.9. The molecule has 2 N–H and O–H groups in total. The number of aryl methyl sites for hydroxylation is 1. The predicted octanol–water partition coefficient (Wildman–Crippen LogP) is 2.96. The lowest BCUT2D eigenvalue weighted by molar-refractivity contribution is 0.590. The van der Waals surface area contributed by atoms with Gasteiger partial charge in [0, 0.05) is 11.4 Å². The van der Waals surface area contributed by atoms with Crippen LogP contribution in [0.5, 0.6) is 0 Å². The monoisotopic (exact) mass is 221 g/mol. The van der Waals surface area contributed by atoms with Crippen LogP contribution in [0.25, 0.3) is 0 Å². The molecule has 3 nitrogen and oxygen atoms in total. The second kappa shape index (κ2) is 5.94. The Morgan fingerprint density at radius 3 is 2.44 bits per heavy atom. The summed E-state index contributed by atoms with van der Waals surface area (Å²) in [7, 11) is 0. The molecule has 0 amide bonds. The van der Waals surface area contributed by atoms with Gasteiger partial charge in [-0.2, -0.15) is 0 Å². The van der Waals surface area contributed by atoms with Crippen LogP contribution in [0.2, 0.25) is 0 Å². The highest BCUT2D eigenvalue weighted by molar-refractivity contribution is 5.15. The van der Waals surface area contributed by atoms with Gasteiger partial charge in [-0.15, -0.1) is 0 Å². The van der Waals surface area contributed by atoms with Crippen LogP contribution in [0.1, 0.15) is 69.7 Å². The van der Waals surface area contributed by atoms with Gasteiger partial charge in [-0.1, -0.05) is 34.1 Å². The van der Waals surface area contributed by atoms with Crippen molar-refractivity contribution in [1.29, 1.82) is 0 Å². The molecule has 0 spiro atoms. The van der Waals surface area contributed by atoms with Gasteiger partial charge >= 0.3 is 0 Å². The van der Waals surface area contributed by atoms with Crippen molar-refractivity contribution >= 4 is 0 Å². The number of nitrogens with zero attached hydrogens (tertiary/aromatic N) is 2. The summed E-state index contributed by atoms with van der Waals surface area (Å²) in [4.78, 5) is 9.08. The van der Waals surface area contributed by atoms with Crippen LogP contribution in [0.15, 0.2) is 6.07 Å². The first-order valence-electron chi connectivity index (χ1n) is 6.21. The van der Waals surface area contributed by atoms with E-state index in [9.17, 15) is 0 Å². The highest BCUT2D eigenvalue weighted by Gasteiger charge is 2.12. The molecule has 0 aliphatic rings. The highest BCUT2D eigenvalue weighted by Crippen LogP contribution is 2.17. The molecule has 0 saturated heterocycles. The van der Waals surface area contributed by atoms with Gasteiger partial charge in [0.25, 0.3) is 0 Å². The molecule has 90 valence electrons. The van der Waals surface area contributed by atoms with E-state index in [2.05, 4.69) is 43.7 Å². The Hall–Kier alpha value is -0.960. The molecule has 1 rings (SSSR count). The zero-order chi connectivity index (χ0) is 12.1. The molecule has 0 radical (unpaired) electrons. The van der Waals surface area contributed by atoms with Crippen LogP contribution in [0.4, 0.5) is 0 Å². The molecule has 1 unspecified atom stereocenters. The standard InChI is InChI=1S/C13H23N3/c1-5-7-11(14)13-15-10(6-2)8-12(16-13)9(3)4/h8-9,11H,5-7,14H2,1-4H3. The molecule has 1 aromatic rings. The van der Waals surface area contributed by atoms with Crippen molar-refractivity contribution in [3.8, 4) is 0 Å². The zero-order valence-electron chi connectivity index (χ0n) is 10.8. The van der Waals surface area contributed by atoms with E-state index in [0.29, 0.717) is 5.92 Å². The van der Waals surface area contributed by atoms with Crippen molar-refractivity contribution in [3.05, 3.63) is 23.3 Å². The SMILES string of the molecule is CCCC(N)c1nc(CC)cc(C(C)C)n1. The molecule has 0 aliphatic heterocycles. The molecule has 1 aromatic heterocycles. The first kappa shape index (κ1) is 13.1. The van der Waals surface area contributed by atoms with E-state index in [1.807, 2.05) is 0 Å². The first-order valence-corrected chi connectivity index (χ1v) is 6.21. The van der Waals surface area contributed by atoms with Crippen LogP contribution in [-0.2, 0) is 6.42 Å². The molecule has 1 atom stereocenters. The zero-order valence-corrected chi connectivity index (χ0v) is 10.8. The lowest BCUT2D eigenvalue weighted by atomic mass is 10.1. The van der Waals surface area contributed by atoms with Gasteiger partial charge < -0.3 is 5.73 Å². The maximum absolute atomic E-state index is 6.07. The van der Waals surface area contributed by atoms with Gasteiger partial charge in [-0.05, 0) is 24.8 Å². The predicted molar refractivity (Wildman–Crippen MR) is 67.3 cm³/mol. The largest absolute Gasteiger partial charge is 0.321 e. The van der Waals surface area contributed by atoms with Crippen LogP contribution in [-0.4, -0.2) is 9.97 Å². The topological polar surface area (TPSA) is 51.8 Å². The fourth-order valence-corrected chi connectivity index (χ4v) is 1.62. The summed E-state index contributed by atoms with van der Waals surface area (Å²) in [5.41, 5.74) is 8.28. The molecule has 0 fully saturated rings. The van der Waals surface area contributed by atoms with Crippen molar-refractivity contribution in [2.75, 3.05) is 0 Å². The molecular formula is C13H23N3. The average Bonchev–Trinajstić information content (AvgIpc) is 2.28. The van der Waals surface area contributed by atoms with E-state index in [4.69, 9.17) is 5.73 Å². The Morgan fingerprint density at radius 1 is 1.25 bits per heavy atom. The van der Waals surface area contributed by atoms with E-state index in [-0.39, 0.29) is 6.04 Å². The minimum Gasteiger partial charge on any atom is -0.321 e. The van der Waals surface area contributed by atoms with Gasteiger partial charge in [-0.25, -0.2) is 9.97 Å². The fraction of sp³-hybridized carbons (Fsp3) is 0.692. The molecule has 0 aliphatic carbocycles. The van der Waals surface area contributed by atoms with E-state index < -0.39 is 0 Å². The number of aromatic nitrogens is 2. The second-order valence-electron chi connectivity index (χ2n) is 4.55. The van der Waals surface area contributed by atoms with E-state index in [1.54, 1.807) is 0 Å². The van der Waals surface area contributed by atoms with Crippen molar-refractivity contribution in [2.45, 2.75) is 58.9 Å². The van der Waals surface area contributed by atoms with Crippen molar-refractivity contribution < 1.29 is 0 Å². The molecule has 0 saturated carbocycles. The Kier molecular flexibility index (Phi) is 4.87. The number of hydrogen-bond acceptors (Lipinski definition) is 3. The van der Waals surface area contributed by atoms with Crippen LogP contribution in [0.3, 0.4) is 0 Å². The van der Waals surface area contributed by atoms with E-state index in [1.165, 1.54) is 0 Å². The summed E-state index contributed by atoms with van der Waals surface area (Å²) < 4.78 is 0. The van der Waals surface area contributed by atoms with Crippen LogP contribution >= 0.6 is 0 Å². The Morgan fingerprint density at radius 2 is 1.94 bits per heavy atom. The van der Waals surface area contributed by atoms with Gasteiger partial charge in [0.1, 0.15) is 5.82 Å². The third kappa shape index (κ3) is 3.27. The summed E-state index contributed by atoms with van der Waals surface area (Å²) >= 11 is 0. The molecule has 0 bridgehead atoms. The van der Waals surface area contributed by atoms with Gasteiger partial charge in [0.15, 0.2) is 0 Å². The molecular weight excluding hydrogens is 198 g/mol. The third-order valence-corrected chi connectivity index (χ3v) is 2.70. The summed E-state index contributed by atoms with van der Waals surface area (Å²) in [6, 6.07) is 2.07. The summed E-state index contributed by atoms with van der Waals surface area (Å²) in [6.07, 6.45) is 2.96. The number of rotatable bonds is 5. The molecule has 1 heterocycles. The normalized spacial score (nSPS) is 13.1. The Bertz CT molecular complexity index is 334. The summed E-state index contributed by atoms with van der Waals surface area (Å²) in [5, 5.41) is 0. The lowest BCUT2D eigenvalue weighted by Crippen LogP contribution is -2.16. The quantitative estimate of drug-likeness (QED) is 0.831. The number of hydrogen-bond donors (Lipinski definition) is 1. The van der Waals surface area contributed by atoms with Crippen molar-refractivity contribution in [3.63, 3.8) is 0 Å². The first-order chi connectivity index (χ1) is 7.58. The Balaban J connectivity index is 3.03.